The summed E-state index contributed by atoms with van der Waals surface area (Å²) in [5.41, 5.74) is -1.57. The number of rotatable bonds is 2. The Morgan fingerprint density at radius 3 is 2.29 bits per heavy atom. The molecule has 0 aliphatic carbocycles. The SMILES string of the molecule is CC(C)(O)C(O)c1ccc(F)cc1F. The molecule has 0 radical (unpaired) electrons. The van der Waals surface area contributed by atoms with Gasteiger partial charge in [-0.25, -0.2) is 8.78 Å². The van der Waals surface area contributed by atoms with Crippen LogP contribution in [0.5, 0.6) is 0 Å². The molecule has 14 heavy (non-hydrogen) atoms. The largest absolute Gasteiger partial charge is 0.387 e. The molecule has 2 N–H and O–H groups in total. The van der Waals surface area contributed by atoms with Crippen molar-refractivity contribution in [3.63, 3.8) is 0 Å². The maximum atomic E-state index is 13.1. The van der Waals surface area contributed by atoms with Crippen molar-refractivity contribution in [2.45, 2.75) is 25.6 Å². The molecule has 0 aliphatic rings. The Morgan fingerprint density at radius 2 is 1.86 bits per heavy atom. The van der Waals surface area contributed by atoms with Crippen molar-refractivity contribution in [2.24, 2.45) is 0 Å². The summed E-state index contributed by atoms with van der Waals surface area (Å²) in [6, 6.07) is 2.82. The standard InChI is InChI=1S/C10H12F2O2/c1-10(2,14)9(13)7-4-3-6(11)5-8(7)12/h3-5,9,13-14H,1-2H3. The molecule has 0 aliphatic heterocycles. The Morgan fingerprint density at radius 1 is 1.29 bits per heavy atom. The van der Waals surface area contributed by atoms with Gasteiger partial charge in [0.1, 0.15) is 17.7 Å². The van der Waals surface area contributed by atoms with E-state index in [4.69, 9.17) is 0 Å². The number of benzene rings is 1. The van der Waals surface area contributed by atoms with Crippen LogP contribution in [0.15, 0.2) is 18.2 Å². The van der Waals surface area contributed by atoms with Crippen LogP contribution in [0.4, 0.5) is 8.78 Å². The van der Waals surface area contributed by atoms with Crippen molar-refractivity contribution >= 4 is 0 Å². The van der Waals surface area contributed by atoms with Crippen LogP contribution < -0.4 is 0 Å². The van der Waals surface area contributed by atoms with Crippen molar-refractivity contribution in [3.8, 4) is 0 Å². The molecule has 0 bridgehead atoms. The highest BCUT2D eigenvalue weighted by Gasteiger charge is 2.28. The fourth-order valence-electron chi connectivity index (χ4n) is 1.10. The van der Waals surface area contributed by atoms with Gasteiger partial charge in [-0.15, -0.1) is 0 Å². The summed E-state index contributed by atoms with van der Waals surface area (Å²) in [5, 5.41) is 18.9. The van der Waals surface area contributed by atoms with Gasteiger partial charge in [-0.05, 0) is 19.9 Å². The smallest absolute Gasteiger partial charge is 0.132 e. The molecule has 0 spiro atoms. The molecule has 1 aromatic carbocycles. The Kier molecular flexibility index (Phi) is 2.87. The van der Waals surface area contributed by atoms with Crippen molar-refractivity contribution in [1.82, 2.24) is 0 Å². The zero-order valence-corrected chi connectivity index (χ0v) is 7.96. The maximum absolute atomic E-state index is 13.1. The summed E-state index contributed by atoms with van der Waals surface area (Å²) < 4.78 is 25.6. The number of hydrogen-bond acceptors (Lipinski definition) is 2. The second-order valence-corrected chi connectivity index (χ2v) is 3.72. The fraction of sp³-hybridized carbons (Fsp3) is 0.400. The molecule has 0 aromatic heterocycles. The predicted molar refractivity (Wildman–Crippen MR) is 47.6 cm³/mol. The molecule has 0 fully saturated rings. The minimum absolute atomic E-state index is 0.112. The molecule has 4 heteroatoms. The molecule has 0 saturated heterocycles. The van der Waals surface area contributed by atoms with Crippen molar-refractivity contribution in [3.05, 3.63) is 35.4 Å². The van der Waals surface area contributed by atoms with Gasteiger partial charge in [0.2, 0.25) is 0 Å². The summed E-state index contributed by atoms with van der Waals surface area (Å²) in [5.74, 6) is -1.58. The molecule has 0 amide bonds. The van der Waals surface area contributed by atoms with E-state index in [1.807, 2.05) is 0 Å². The first-order chi connectivity index (χ1) is 6.32. The van der Waals surface area contributed by atoms with E-state index >= 15 is 0 Å². The molecular formula is C10H12F2O2. The summed E-state index contributed by atoms with van der Waals surface area (Å²) in [6.07, 6.45) is -1.37. The summed E-state index contributed by atoms with van der Waals surface area (Å²) in [7, 11) is 0. The molecule has 0 saturated carbocycles. The maximum Gasteiger partial charge on any atom is 0.132 e. The van der Waals surface area contributed by atoms with E-state index in [-0.39, 0.29) is 5.56 Å². The van der Waals surface area contributed by atoms with Gasteiger partial charge in [0.25, 0.3) is 0 Å². The highest BCUT2D eigenvalue weighted by atomic mass is 19.1. The molecule has 1 aromatic rings. The fourth-order valence-corrected chi connectivity index (χ4v) is 1.10. The van der Waals surface area contributed by atoms with E-state index in [1.165, 1.54) is 13.8 Å². The van der Waals surface area contributed by atoms with Crippen LogP contribution in [0.2, 0.25) is 0 Å². The van der Waals surface area contributed by atoms with E-state index in [1.54, 1.807) is 0 Å². The highest BCUT2D eigenvalue weighted by Crippen LogP contribution is 2.27. The average molecular weight is 202 g/mol. The lowest BCUT2D eigenvalue weighted by Gasteiger charge is -2.24. The van der Waals surface area contributed by atoms with Gasteiger partial charge < -0.3 is 10.2 Å². The first kappa shape index (κ1) is 11.1. The molecule has 1 atom stereocenters. The first-order valence-electron chi connectivity index (χ1n) is 4.18. The average Bonchev–Trinajstić information content (AvgIpc) is 2.01. The highest BCUT2D eigenvalue weighted by molar-refractivity contribution is 5.22. The lowest BCUT2D eigenvalue weighted by atomic mass is 9.94. The van der Waals surface area contributed by atoms with Crippen LogP contribution in [0, 0.1) is 11.6 Å². The van der Waals surface area contributed by atoms with Gasteiger partial charge >= 0.3 is 0 Å². The van der Waals surface area contributed by atoms with Crippen LogP contribution in [-0.4, -0.2) is 15.8 Å². The minimum atomic E-state index is -1.46. The van der Waals surface area contributed by atoms with Gasteiger partial charge in [-0.2, -0.15) is 0 Å². The third-order valence-corrected chi connectivity index (χ3v) is 1.93. The molecule has 1 unspecified atom stereocenters. The zero-order chi connectivity index (χ0) is 10.9. The number of aliphatic hydroxyl groups is 2. The van der Waals surface area contributed by atoms with Gasteiger partial charge in [-0.3, -0.25) is 0 Å². The Labute approximate surface area is 80.8 Å². The molecular weight excluding hydrogens is 190 g/mol. The Balaban J connectivity index is 3.08. The van der Waals surface area contributed by atoms with Crippen LogP contribution in [0.25, 0.3) is 0 Å². The van der Waals surface area contributed by atoms with Gasteiger partial charge in [0.05, 0.1) is 5.60 Å². The van der Waals surface area contributed by atoms with E-state index < -0.39 is 23.3 Å². The van der Waals surface area contributed by atoms with Gasteiger partial charge in [0, 0.05) is 11.6 Å². The lowest BCUT2D eigenvalue weighted by Crippen LogP contribution is -2.29. The summed E-state index contributed by atoms with van der Waals surface area (Å²) >= 11 is 0. The summed E-state index contributed by atoms with van der Waals surface area (Å²) in [6.45, 7) is 2.70. The molecule has 1 rings (SSSR count). The van der Waals surface area contributed by atoms with E-state index in [2.05, 4.69) is 0 Å². The van der Waals surface area contributed by atoms with Crippen LogP contribution in [-0.2, 0) is 0 Å². The molecule has 0 heterocycles. The third kappa shape index (κ3) is 2.27. The second kappa shape index (κ2) is 3.63. The first-order valence-corrected chi connectivity index (χ1v) is 4.18. The van der Waals surface area contributed by atoms with E-state index in [9.17, 15) is 19.0 Å². The number of hydrogen-bond donors (Lipinski definition) is 2. The van der Waals surface area contributed by atoms with Crippen LogP contribution >= 0.6 is 0 Å². The normalized spacial score (nSPS) is 14.1. The van der Waals surface area contributed by atoms with Gasteiger partial charge in [-0.1, -0.05) is 6.07 Å². The van der Waals surface area contributed by atoms with Crippen molar-refractivity contribution in [1.29, 1.82) is 0 Å². The zero-order valence-electron chi connectivity index (χ0n) is 7.96. The topological polar surface area (TPSA) is 40.5 Å². The Hall–Kier alpha value is -1.00. The Bertz CT molecular complexity index is 331. The monoisotopic (exact) mass is 202 g/mol. The summed E-state index contributed by atoms with van der Waals surface area (Å²) in [4.78, 5) is 0. The van der Waals surface area contributed by atoms with Crippen molar-refractivity contribution in [2.75, 3.05) is 0 Å². The van der Waals surface area contributed by atoms with Crippen LogP contribution in [0.3, 0.4) is 0 Å². The van der Waals surface area contributed by atoms with E-state index in [0.717, 1.165) is 12.1 Å². The van der Waals surface area contributed by atoms with E-state index in [0.29, 0.717) is 6.07 Å². The predicted octanol–water partition coefficient (Wildman–Crippen LogP) is 1.77. The van der Waals surface area contributed by atoms with Crippen molar-refractivity contribution < 1.29 is 19.0 Å². The second-order valence-electron chi connectivity index (χ2n) is 3.72. The minimum Gasteiger partial charge on any atom is -0.387 e. The van der Waals surface area contributed by atoms with Crippen LogP contribution in [0.1, 0.15) is 25.5 Å². The molecule has 2 nitrogen and oxygen atoms in total. The molecule has 78 valence electrons. The van der Waals surface area contributed by atoms with Gasteiger partial charge in [0.15, 0.2) is 0 Å². The third-order valence-electron chi connectivity index (χ3n) is 1.93. The lowest BCUT2D eigenvalue weighted by molar-refractivity contribution is -0.0513. The quantitative estimate of drug-likeness (QED) is 0.767. The number of halogens is 2. The number of aliphatic hydroxyl groups excluding tert-OH is 1.